The summed E-state index contributed by atoms with van der Waals surface area (Å²) in [5.74, 6) is -1.46. The number of hydrogen-bond donors (Lipinski definition) is 1. The molecule has 0 unspecified atom stereocenters. The van der Waals surface area contributed by atoms with Crippen LogP contribution in [0.4, 0.5) is 16.2 Å². The van der Waals surface area contributed by atoms with Gasteiger partial charge in [-0.25, -0.2) is 9.69 Å². The van der Waals surface area contributed by atoms with Crippen molar-refractivity contribution in [3.8, 4) is 5.69 Å². The van der Waals surface area contributed by atoms with Gasteiger partial charge in [0.25, 0.3) is 11.8 Å². The molecule has 156 valence electrons. The highest BCUT2D eigenvalue weighted by Crippen LogP contribution is 2.25. The minimum absolute atomic E-state index is 0.149. The zero-order valence-electron chi connectivity index (χ0n) is 16.9. The number of carbonyl (C=O) groups is 3. The minimum Gasteiger partial charge on any atom is -0.378 e. The van der Waals surface area contributed by atoms with Crippen LogP contribution in [-0.4, -0.2) is 36.5 Å². The van der Waals surface area contributed by atoms with Crippen molar-refractivity contribution in [2.45, 2.75) is 0 Å². The summed E-state index contributed by atoms with van der Waals surface area (Å²) in [5, 5.41) is 2.59. The number of halogens is 1. The van der Waals surface area contributed by atoms with Crippen LogP contribution < -0.4 is 15.1 Å². The summed E-state index contributed by atoms with van der Waals surface area (Å²) in [7, 11) is 3.92. The summed E-state index contributed by atoms with van der Waals surface area (Å²) in [6, 6.07) is 17.0. The maximum absolute atomic E-state index is 13.1. The Morgan fingerprint density at radius 2 is 1.68 bits per heavy atom. The lowest BCUT2D eigenvalue weighted by molar-refractivity contribution is -0.122. The molecule has 0 atom stereocenters. The van der Waals surface area contributed by atoms with Gasteiger partial charge in [0.05, 0.1) is 5.69 Å². The fourth-order valence-corrected chi connectivity index (χ4v) is 3.50. The summed E-state index contributed by atoms with van der Waals surface area (Å²) >= 11 is 6.00. The first kappa shape index (κ1) is 20.4. The van der Waals surface area contributed by atoms with Crippen LogP contribution in [-0.2, 0) is 9.59 Å². The Balaban J connectivity index is 1.71. The third kappa shape index (κ3) is 3.95. The van der Waals surface area contributed by atoms with Gasteiger partial charge in [0.2, 0.25) is 0 Å². The van der Waals surface area contributed by atoms with Gasteiger partial charge in [0.1, 0.15) is 5.57 Å². The number of nitrogens with zero attached hydrogens (tertiary/aromatic N) is 3. The lowest BCUT2D eigenvalue weighted by Crippen LogP contribution is -2.54. The fraction of sp³-hybridized carbons (Fsp3) is 0.0870. The molecule has 2 aromatic carbocycles. The molecule has 1 aromatic heterocycles. The van der Waals surface area contributed by atoms with E-state index in [1.807, 2.05) is 60.1 Å². The van der Waals surface area contributed by atoms with Crippen LogP contribution >= 0.6 is 11.6 Å². The standard InChI is InChI=1S/C23H19ClN4O3/c1-26(2)16-8-10-17(11-9-16)27-12-4-7-18(27)14-20-21(29)25-23(31)28(22(20)30)19-6-3-5-15(24)13-19/h3-14H,1-2H3,(H,25,29,31). The van der Waals surface area contributed by atoms with Gasteiger partial charge in [-0.1, -0.05) is 17.7 Å². The lowest BCUT2D eigenvalue weighted by atomic mass is 10.1. The van der Waals surface area contributed by atoms with Crippen molar-refractivity contribution in [3.05, 3.63) is 83.2 Å². The first-order valence-electron chi connectivity index (χ1n) is 9.47. The second kappa shape index (κ2) is 8.12. The quantitative estimate of drug-likeness (QED) is 0.499. The van der Waals surface area contributed by atoms with E-state index in [2.05, 4.69) is 5.32 Å². The average Bonchev–Trinajstić information content (AvgIpc) is 3.19. The van der Waals surface area contributed by atoms with Crippen LogP contribution in [0.5, 0.6) is 0 Å². The van der Waals surface area contributed by atoms with E-state index in [-0.39, 0.29) is 11.3 Å². The second-order valence-electron chi connectivity index (χ2n) is 7.15. The largest absolute Gasteiger partial charge is 0.378 e. The number of aromatic nitrogens is 1. The summed E-state index contributed by atoms with van der Waals surface area (Å²) in [6.45, 7) is 0. The SMILES string of the molecule is CN(C)c1ccc(-n2cccc2C=C2C(=O)NC(=O)N(c3cccc(Cl)c3)C2=O)cc1. The van der Waals surface area contributed by atoms with Gasteiger partial charge in [-0.3, -0.25) is 14.9 Å². The molecule has 0 aliphatic carbocycles. The molecule has 0 radical (unpaired) electrons. The zero-order chi connectivity index (χ0) is 22.1. The molecule has 1 saturated heterocycles. The first-order chi connectivity index (χ1) is 14.8. The summed E-state index contributed by atoms with van der Waals surface area (Å²) in [5.41, 5.74) is 2.67. The van der Waals surface area contributed by atoms with Gasteiger partial charge < -0.3 is 9.47 Å². The van der Waals surface area contributed by atoms with Crippen molar-refractivity contribution in [2.24, 2.45) is 0 Å². The van der Waals surface area contributed by atoms with Crippen molar-refractivity contribution in [1.82, 2.24) is 9.88 Å². The molecule has 2 heterocycles. The number of rotatable bonds is 4. The van der Waals surface area contributed by atoms with Crippen LogP contribution in [0.3, 0.4) is 0 Å². The van der Waals surface area contributed by atoms with Gasteiger partial charge in [0, 0.05) is 42.4 Å². The third-order valence-electron chi connectivity index (χ3n) is 4.88. The van der Waals surface area contributed by atoms with Crippen LogP contribution in [0.15, 0.2) is 72.4 Å². The van der Waals surface area contributed by atoms with Crippen LogP contribution in [0.2, 0.25) is 5.02 Å². The first-order valence-corrected chi connectivity index (χ1v) is 9.85. The summed E-state index contributed by atoms with van der Waals surface area (Å²) < 4.78 is 1.85. The highest BCUT2D eigenvalue weighted by molar-refractivity contribution is 6.39. The van der Waals surface area contributed by atoms with E-state index in [9.17, 15) is 14.4 Å². The van der Waals surface area contributed by atoms with Crippen molar-refractivity contribution in [2.75, 3.05) is 23.9 Å². The number of benzene rings is 2. The Morgan fingerprint density at radius 1 is 0.935 bits per heavy atom. The molecular formula is C23H19ClN4O3. The van der Waals surface area contributed by atoms with Gasteiger partial charge in [-0.2, -0.15) is 0 Å². The number of carbonyl (C=O) groups excluding carboxylic acids is 3. The molecule has 0 saturated carbocycles. The van der Waals surface area contributed by atoms with Crippen molar-refractivity contribution < 1.29 is 14.4 Å². The number of anilines is 2. The molecule has 31 heavy (non-hydrogen) atoms. The highest BCUT2D eigenvalue weighted by atomic mass is 35.5. The Hall–Kier alpha value is -3.84. The molecule has 3 aromatic rings. The predicted octanol–water partition coefficient (Wildman–Crippen LogP) is 3.86. The molecule has 7 nitrogen and oxygen atoms in total. The smallest absolute Gasteiger partial charge is 0.335 e. The van der Waals surface area contributed by atoms with Gasteiger partial charge >= 0.3 is 6.03 Å². The third-order valence-corrected chi connectivity index (χ3v) is 5.12. The van der Waals surface area contributed by atoms with E-state index in [1.54, 1.807) is 24.3 Å². The summed E-state index contributed by atoms with van der Waals surface area (Å²) in [4.78, 5) is 40.8. The van der Waals surface area contributed by atoms with E-state index < -0.39 is 17.8 Å². The Labute approximate surface area is 184 Å². The maximum Gasteiger partial charge on any atom is 0.335 e. The van der Waals surface area contributed by atoms with Crippen molar-refractivity contribution >= 4 is 46.9 Å². The van der Waals surface area contributed by atoms with Crippen LogP contribution in [0.25, 0.3) is 11.8 Å². The summed E-state index contributed by atoms with van der Waals surface area (Å²) in [6.07, 6.45) is 3.31. The van der Waals surface area contributed by atoms with Crippen LogP contribution in [0.1, 0.15) is 5.69 Å². The topological polar surface area (TPSA) is 74.7 Å². The molecule has 1 aliphatic heterocycles. The van der Waals surface area contributed by atoms with Crippen molar-refractivity contribution in [1.29, 1.82) is 0 Å². The number of amides is 4. The maximum atomic E-state index is 13.1. The fourth-order valence-electron chi connectivity index (χ4n) is 3.31. The molecule has 4 rings (SSSR count). The zero-order valence-corrected chi connectivity index (χ0v) is 17.6. The number of hydrogen-bond acceptors (Lipinski definition) is 4. The molecule has 8 heteroatoms. The molecule has 1 N–H and O–H groups in total. The lowest BCUT2D eigenvalue weighted by Gasteiger charge is -2.26. The number of barbiturate groups is 1. The number of nitrogens with one attached hydrogen (secondary N) is 1. The normalized spacial score (nSPS) is 15.4. The van der Waals surface area contributed by atoms with E-state index in [0.29, 0.717) is 10.7 Å². The van der Waals surface area contributed by atoms with E-state index in [0.717, 1.165) is 16.3 Å². The Morgan fingerprint density at radius 3 is 2.35 bits per heavy atom. The van der Waals surface area contributed by atoms with Crippen molar-refractivity contribution in [3.63, 3.8) is 0 Å². The van der Waals surface area contributed by atoms with E-state index in [1.165, 1.54) is 12.1 Å². The monoisotopic (exact) mass is 434 g/mol. The minimum atomic E-state index is -0.816. The number of urea groups is 1. The molecule has 0 spiro atoms. The van der Waals surface area contributed by atoms with E-state index in [4.69, 9.17) is 11.6 Å². The predicted molar refractivity (Wildman–Crippen MR) is 121 cm³/mol. The van der Waals surface area contributed by atoms with Gasteiger partial charge in [-0.05, 0) is 60.7 Å². The number of imide groups is 2. The van der Waals surface area contributed by atoms with Gasteiger partial charge in [0.15, 0.2) is 0 Å². The Kier molecular flexibility index (Phi) is 5.35. The van der Waals surface area contributed by atoms with E-state index >= 15 is 0 Å². The molecule has 1 fully saturated rings. The molecule has 1 aliphatic rings. The molecule has 4 amide bonds. The Bertz CT molecular complexity index is 1210. The second-order valence-corrected chi connectivity index (χ2v) is 7.59. The average molecular weight is 435 g/mol. The van der Waals surface area contributed by atoms with Gasteiger partial charge in [-0.15, -0.1) is 0 Å². The van der Waals surface area contributed by atoms with Crippen LogP contribution in [0, 0.1) is 0 Å². The molecule has 0 bridgehead atoms. The highest BCUT2D eigenvalue weighted by Gasteiger charge is 2.37. The molecular weight excluding hydrogens is 416 g/mol.